The van der Waals surface area contributed by atoms with Crippen LogP contribution in [0.5, 0.6) is 0 Å². The Kier molecular flexibility index (Phi) is 8.99. The predicted octanol–water partition coefficient (Wildman–Crippen LogP) is 5.09. The van der Waals surface area contributed by atoms with E-state index in [1.54, 1.807) is 0 Å². The van der Waals surface area contributed by atoms with Crippen LogP contribution >= 0.6 is 0 Å². The molecule has 0 aromatic heterocycles. The molecule has 1 aromatic rings. The third-order valence-electron chi connectivity index (χ3n) is 5.09. The van der Waals surface area contributed by atoms with Gasteiger partial charge in [-0.25, -0.2) is 0 Å². The van der Waals surface area contributed by atoms with Gasteiger partial charge in [0.05, 0.1) is 0 Å². The number of piperazine rings is 1. The first-order chi connectivity index (χ1) is 12.1. The van der Waals surface area contributed by atoms with E-state index in [-0.39, 0.29) is 0 Å². The molecule has 0 bridgehead atoms. The SMILES string of the molecule is CC(C)=CCC[C@H](C)CCN1CCN(CC=Cc2ccccc2)CC1. The normalized spacial score (nSPS) is 17.7. The molecule has 0 amide bonds. The van der Waals surface area contributed by atoms with Crippen LogP contribution in [-0.4, -0.2) is 49.1 Å². The molecule has 2 heteroatoms. The Morgan fingerprint density at radius 1 is 1.00 bits per heavy atom. The Hall–Kier alpha value is -1.38. The van der Waals surface area contributed by atoms with Crippen molar-refractivity contribution in [3.05, 3.63) is 53.6 Å². The molecular weight excluding hydrogens is 304 g/mol. The molecule has 0 unspecified atom stereocenters. The van der Waals surface area contributed by atoms with Crippen LogP contribution in [0.4, 0.5) is 0 Å². The van der Waals surface area contributed by atoms with Gasteiger partial charge in [-0.2, -0.15) is 0 Å². The molecule has 1 aliphatic rings. The summed E-state index contributed by atoms with van der Waals surface area (Å²) >= 11 is 0. The molecule has 1 fully saturated rings. The Labute approximate surface area is 155 Å². The summed E-state index contributed by atoms with van der Waals surface area (Å²) in [5.74, 6) is 0.836. The van der Waals surface area contributed by atoms with Crippen molar-refractivity contribution in [1.82, 2.24) is 9.80 Å². The van der Waals surface area contributed by atoms with Gasteiger partial charge in [-0.05, 0) is 51.1 Å². The van der Waals surface area contributed by atoms with Crippen LogP contribution < -0.4 is 0 Å². The first-order valence-electron chi connectivity index (χ1n) is 9.93. The van der Waals surface area contributed by atoms with Gasteiger partial charge < -0.3 is 4.90 Å². The lowest BCUT2D eigenvalue weighted by atomic mass is 10.0. The van der Waals surface area contributed by atoms with Crippen LogP contribution in [-0.2, 0) is 0 Å². The van der Waals surface area contributed by atoms with Crippen molar-refractivity contribution >= 4 is 6.08 Å². The molecule has 0 saturated carbocycles. The summed E-state index contributed by atoms with van der Waals surface area (Å²) in [4.78, 5) is 5.21. The van der Waals surface area contributed by atoms with E-state index in [0.29, 0.717) is 0 Å². The molecular formula is C23H36N2. The predicted molar refractivity (Wildman–Crippen MR) is 111 cm³/mol. The number of benzene rings is 1. The van der Waals surface area contributed by atoms with Crippen LogP contribution in [0.25, 0.3) is 6.08 Å². The lowest BCUT2D eigenvalue weighted by Gasteiger charge is -2.34. The molecule has 1 heterocycles. The number of nitrogens with zero attached hydrogens (tertiary/aromatic N) is 2. The zero-order valence-electron chi connectivity index (χ0n) is 16.5. The van der Waals surface area contributed by atoms with Gasteiger partial charge in [-0.1, -0.05) is 61.1 Å². The highest BCUT2D eigenvalue weighted by molar-refractivity contribution is 5.48. The highest BCUT2D eigenvalue weighted by Gasteiger charge is 2.16. The van der Waals surface area contributed by atoms with Crippen molar-refractivity contribution in [2.24, 2.45) is 5.92 Å². The quantitative estimate of drug-likeness (QED) is 0.578. The molecule has 25 heavy (non-hydrogen) atoms. The number of rotatable bonds is 9. The van der Waals surface area contributed by atoms with Crippen LogP contribution in [0.3, 0.4) is 0 Å². The number of hydrogen-bond donors (Lipinski definition) is 0. The third kappa shape index (κ3) is 8.51. The van der Waals surface area contributed by atoms with Gasteiger partial charge in [0.1, 0.15) is 0 Å². The van der Waals surface area contributed by atoms with Gasteiger partial charge in [0, 0.05) is 32.7 Å². The zero-order chi connectivity index (χ0) is 17.9. The second-order valence-corrected chi connectivity index (χ2v) is 7.71. The zero-order valence-corrected chi connectivity index (χ0v) is 16.5. The number of allylic oxidation sites excluding steroid dienone is 2. The van der Waals surface area contributed by atoms with E-state index in [0.717, 1.165) is 12.5 Å². The van der Waals surface area contributed by atoms with Crippen LogP contribution in [0.15, 0.2) is 48.1 Å². The Morgan fingerprint density at radius 3 is 2.36 bits per heavy atom. The van der Waals surface area contributed by atoms with Gasteiger partial charge >= 0.3 is 0 Å². The molecule has 0 aliphatic carbocycles. The summed E-state index contributed by atoms with van der Waals surface area (Å²) in [6.45, 7) is 14.0. The van der Waals surface area contributed by atoms with E-state index in [9.17, 15) is 0 Å². The van der Waals surface area contributed by atoms with E-state index >= 15 is 0 Å². The second-order valence-electron chi connectivity index (χ2n) is 7.71. The van der Waals surface area contributed by atoms with E-state index in [2.05, 4.69) is 79.1 Å². The fourth-order valence-corrected chi connectivity index (χ4v) is 3.30. The summed E-state index contributed by atoms with van der Waals surface area (Å²) in [7, 11) is 0. The minimum absolute atomic E-state index is 0.836. The lowest BCUT2D eigenvalue weighted by Crippen LogP contribution is -2.46. The molecule has 1 aromatic carbocycles. The molecule has 1 aliphatic heterocycles. The van der Waals surface area contributed by atoms with Crippen molar-refractivity contribution < 1.29 is 0 Å². The molecule has 1 atom stereocenters. The van der Waals surface area contributed by atoms with Crippen LogP contribution in [0.2, 0.25) is 0 Å². The molecule has 138 valence electrons. The molecule has 2 rings (SSSR count). The van der Waals surface area contributed by atoms with Crippen molar-refractivity contribution in [3.8, 4) is 0 Å². The van der Waals surface area contributed by atoms with Crippen molar-refractivity contribution in [3.63, 3.8) is 0 Å². The smallest absolute Gasteiger partial charge is 0.0167 e. The minimum Gasteiger partial charge on any atom is -0.301 e. The van der Waals surface area contributed by atoms with Crippen molar-refractivity contribution in [1.29, 1.82) is 0 Å². The summed E-state index contributed by atoms with van der Waals surface area (Å²) in [5, 5.41) is 0. The van der Waals surface area contributed by atoms with E-state index in [4.69, 9.17) is 0 Å². The van der Waals surface area contributed by atoms with Crippen LogP contribution in [0, 0.1) is 5.92 Å². The average Bonchev–Trinajstić information content (AvgIpc) is 2.62. The summed E-state index contributed by atoms with van der Waals surface area (Å²) in [5.41, 5.74) is 2.74. The van der Waals surface area contributed by atoms with Crippen molar-refractivity contribution in [2.45, 2.75) is 40.0 Å². The highest BCUT2D eigenvalue weighted by Crippen LogP contribution is 2.13. The second kappa shape index (κ2) is 11.3. The number of hydrogen-bond acceptors (Lipinski definition) is 2. The molecule has 0 N–H and O–H groups in total. The van der Waals surface area contributed by atoms with Gasteiger partial charge in [-0.15, -0.1) is 0 Å². The first-order valence-corrected chi connectivity index (χ1v) is 9.93. The molecule has 0 spiro atoms. The molecule has 2 nitrogen and oxygen atoms in total. The molecule has 0 radical (unpaired) electrons. The minimum atomic E-state index is 0.836. The fraction of sp³-hybridized carbons (Fsp3) is 0.565. The maximum Gasteiger partial charge on any atom is 0.0167 e. The van der Waals surface area contributed by atoms with Gasteiger partial charge in [0.2, 0.25) is 0 Å². The Balaban J connectivity index is 1.58. The fourth-order valence-electron chi connectivity index (χ4n) is 3.30. The van der Waals surface area contributed by atoms with Crippen LogP contribution in [0.1, 0.15) is 45.6 Å². The summed E-state index contributed by atoms with van der Waals surface area (Å²) in [6.07, 6.45) is 10.8. The largest absolute Gasteiger partial charge is 0.301 e. The standard InChI is InChI=1S/C23H36N2/c1-21(2)9-7-10-22(3)14-16-25-19-17-24(18-20-25)15-8-13-23-11-5-4-6-12-23/h4-6,8-9,11-13,22H,7,10,14-20H2,1-3H3/t22-/m0/s1. The van der Waals surface area contributed by atoms with Crippen molar-refractivity contribution in [2.75, 3.05) is 39.3 Å². The Bertz CT molecular complexity index is 520. The summed E-state index contributed by atoms with van der Waals surface area (Å²) in [6, 6.07) is 10.6. The maximum absolute atomic E-state index is 2.65. The highest BCUT2D eigenvalue weighted by atomic mass is 15.3. The average molecular weight is 341 g/mol. The van der Waals surface area contributed by atoms with E-state index in [1.807, 2.05) is 0 Å². The Morgan fingerprint density at radius 2 is 1.68 bits per heavy atom. The van der Waals surface area contributed by atoms with E-state index < -0.39 is 0 Å². The molecule has 1 saturated heterocycles. The maximum atomic E-state index is 2.65. The third-order valence-corrected chi connectivity index (χ3v) is 5.09. The van der Waals surface area contributed by atoms with Gasteiger partial charge in [-0.3, -0.25) is 4.90 Å². The topological polar surface area (TPSA) is 6.48 Å². The van der Waals surface area contributed by atoms with Gasteiger partial charge in [0.15, 0.2) is 0 Å². The monoisotopic (exact) mass is 340 g/mol. The van der Waals surface area contributed by atoms with Gasteiger partial charge in [0.25, 0.3) is 0 Å². The first kappa shape index (κ1) is 19.9. The summed E-state index contributed by atoms with van der Waals surface area (Å²) < 4.78 is 0. The van der Waals surface area contributed by atoms with E-state index in [1.165, 1.54) is 63.1 Å². The lowest BCUT2D eigenvalue weighted by molar-refractivity contribution is 0.136.